The summed E-state index contributed by atoms with van der Waals surface area (Å²) in [5, 5.41) is 6.40. The predicted octanol–water partition coefficient (Wildman–Crippen LogP) is 3.11. The van der Waals surface area contributed by atoms with E-state index in [-0.39, 0.29) is 18.3 Å². The van der Waals surface area contributed by atoms with Gasteiger partial charge in [0, 0.05) is 18.7 Å². The molecule has 0 saturated carbocycles. The first-order valence-corrected chi connectivity index (χ1v) is 7.40. The van der Waals surface area contributed by atoms with Crippen LogP contribution in [-0.2, 0) is 0 Å². The molecular weight excluding hydrogens is 272 g/mol. The maximum absolute atomic E-state index is 12.0. The van der Waals surface area contributed by atoms with Crippen LogP contribution in [0.3, 0.4) is 0 Å². The number of piperidine rings is 1. The maximum atomic E-state index is 12.0. The van der Waals surface area contributed by atoms with Crippen LogP contribution >= 0.6 is 12.4 Å². The van der Waals surface area contributed by atoms with Crippen LogP contribution < -0.4 is 10.6 Å². The molecular formula is C16H25ClN2O. The van der Waals surface area contributed by atoms with Crippen molar-refractivity contribution in [1.82, 2.24) is 10.6 Å². The molecule has 1 heterocycles. The number of halogens is 1. The van der Waals surface area contributed by atoms with Gasteiger partial charge in [0.25, 0.3) is 5.91 Å². The van der Waals surface area contributed by atoms with Gasteiger partial charge in [-0.05, 0) is 49.4 Å². The lowest BCUT2D eigenvalue weighted by molar-refractivity contribution is 0.0953. The minimum atomic E-state index is 0. The summed E-state index contributed by atoms with van der Waals surface area (Å²) < 4.78 is 0. The average molecular weight is 297 g/mol. The molecule has 4 heteroatoms. The van der Waals surface area contributed by atoms with Crippen molar-refractivity contribution in [3.8, 4) is 0 Å². The largest absolute Gasteiger partial charge is 0.352 e. The quantitative estimate of drug-likeness (QED) is 0.820. The molecule has 1 aromatic rings. The minimum absolute atomic E-state index is 0. The van der Waals surface area contributed by atoms with Crippen LogP contribution in [-0.4, -0.2) is 25.5 Å². The molecule has 1 unspecified atom stereocenters. The Morgan fingerprint density at radius 2 is 2.30 bits per heavy atom. The number of hydrogen-bond donors (Lipinski definition) is 2. The van der Waals surface area contributed by atoms with Crippen LogP contribution in [0.4, 0.5) is 0 Å². The minimum Gasteiger partial charge on any atom is -0.352 e. The molecule has 1 saturated heterocycles. The normalized spacial score (nSPS) is 18.1. The van der Waals surface area contributed by atoms with E-state index in [1.165, 1.54) is 18.4 Å². The van der Waals surface area contributed by atoms with Gasteiger partial charge in [-0.3, -0.25) is 4.79 Å². The molecule has 1 fully saturated rings. The van der Waals surface area contributed by atoms with Crippen LogP contribution in [0, 0.1) is 0 Å². The van der Waals surface area contributed by atoms with Crippen molar-refractivity contribution in [2.24, 2.45) is 0 Å². The third-order valence-corrected chi connectivity index (χ3v) is 3.73. The first-order valence-electron chi connectivity index (χ1n) is 7.40. The van der Waals surface area contributed by atoms with E-state index in [0.29, 0.717) is 5.92 Å². The Balaban J connectivity index is 0.00000200. The van der Waals surface area contributed by atoms with E-state index in [0.717, 1.165) is 38.0 Å². The number of amides is 1. The van der Waals surface area contributed by atoms with Crippen molar-refractivity contribution in [2.75, 3.05) is 19.6 Å². The number of carbonyl (C=O) groups excluding carboxylic acids is 1. The fourth-order valence-corrected chi connectivity index (χ4v) is 2.55. The smallest absolute Gasteiger partial charge is 0.251 e. The van der Waals surface area contributed by atoms with Crippen LogP contribution in [0.25, 0.3) is 0 Å². The highest BCUT2D eigenvalue weighted by molar-refractivity contribution is 5.94. The number of unbranched alkanes of at least 4 members (excludes halogenated alkanes) is 1. The van der Waals surface area contributed by atoms with E-state index in [1.54, 1.807) is 0 Å². The van der Waals surface area contributed by atoms with Crippen LogP contribution in [0.2, 0.25) is 0 Å². The lowest BCUT2D eigenvalue weighted by Crippen LogP contribution is -2.29. The van der Waals surface area contributed by atoms with Gasteiger partial charge in [-0.25, -0.2) is 0 Å². The third kappa shape index (κ3) is 4.80. The van der Waals surface area contributed by atoms with Crippen molar-refractivity contribution in [3.63, 3.8) is 0 Å². The van der Waals surface area contributed by atoms with Gasteiger partial charge in [0.15, 0.2) is 0 Å². The van der Waals surface area contributed by atoms with Gasteiger partial charge in [-0.15, -0.1) is 12.4 Å². The van der Waals surface area contributed by atoms with Gasteiger partial charge in [0.2, 0.25) is 0 Å². The zero-order chi connectivity index (χ0) is 13.5. The van der Waals surface area contributed by atoms with Gasteiger partial charge in [-0.1, -0.05) is 25.5 Å². The molecule has 0 bridgehead atoms. The first-order chi connectivity index (χ1) is 9.31. The zero-order valence-corrected chi connectivity index (χ0v) is 13.0. The summed E-state index contributed by atoms with van der Waals surface area (Å²) in [6, 6.07) is 8.10. The Hall–Kier alpha value is -1.06. The summed E-state index contributed by atoms with van der Waals surface area (Å²) in [5.41, 5.74) is 2.08. The van der Waals surface area contributed by atoms with E-state index in [4.69, 9.17) is 0 Å². The molecule has 0 spiro atoms. The van der Waals surface area contributed by atoms with Crippen molar-refractivity contribution >= 4 is 18.3 Å². The predicted molar refractivity (Wildman–Crippen MR) is 85.8 cm³/mol. The second-order valence-electron chi connectivity index (χ2n) is 5.28. The molecule has 0 radical (unpaired) electrons. The lowest BCUT2D eigenvalue weighted by atomic mass is 9.90. The zero-order valence-electron chi connectivity index (χ0n) is 12.2. The fourth-order valence-electron chi connectivity index (χ4n) is 2.55. The van der Waals surface area contributed by atoms with Crippen LogP contribution in [0.5, 0.6) is 0 Å². The van der Waals surface area contributed by atoms with E-state index in [1.807, 2.05) is 12.1 Å². The molecule has 0 aliphatic carbocycles. The van der Waals surface area contributed by atoms with E-state index < -0.39 is 0 Å². The molecule has 1 aromatic carbocycles. The van der Waals surface area contributed by atoms with Gasteiger partial charge in [0.05, 0.1) is 0 Å². The van der Waals surface area contributed by atoms with Gasteiger partial charge in [0.1, 0.15) is 0 Å². The van der Waals surface area contributed by atoms with Crippen molar-refractivity contribution in [1.29, 1.82) is 0 Å². The number of rotatable bonds is 5. The van der Waals surface area contributed by atoms with Crippen molar-refractivity contribution in [2.45, 2.75) is 38.5 Å². The standard InChI is InChI=1S/C16H24N2O.ClH/c1-2-3-10-18-16(19)14-7-4-6-13(11-14)15-8-5-9-17-12-15;/h4,6-7,11,15,17H,2-3,5,8-10,12H2,1H3,(H,18,19);1H. The second-order valence-corrected chi connectivity index (χ2v) is 5.28. The van der Waals surface area contributed by atoms with E-state index in [2.05, 4.69) is 29.7 Å². The lowest BCUT2D eigenvalue weighted by Gasteiger charge is -2.23. The SMILES string of the molecule is CCCCNC(=O)c1cccc(C2CCCNC2)c1.Cl. The Labute approximate surface area is 127 Å². The molecule has 2 N–H and O–H groups in total. The summed E-state index contributed by atoms with van der Waals surface area (Å²) >= 11 is 0. The van der Waals surface area contributed by atoms with Crippen LogP contribution in [0.15, 0.2) is 24.3 Å². The number of benzene rings is 1. The molecule has 2 rings (SSSR count). The molecule has 112 valence electrons. The molecule has 20 heavy (non-hydrogen) atoms. The summed E-state index contributed by atoms with van der Waals surface area (Å²) in [6.45, 7) is 5.04. The summed E-state index contributed by atoms with van der Waals surface area (Å²) in [7, 11) is 0. The van der Waals surface area contributed by atoms with Gasteiger partial charge < -0.3 is 10.6 Å². The Bertz CT molecular complexity index is 417. The highest BCUT2D eigenvalue weighted by atomic mass is 35.5. The summed E-state index contributed by atoms with van der Waals surface area (Å²) in [4.78, 5) is 12.0. The molecule has 1 aliphatic heterocycles. The molecule has 0 aromatic heterocycles. The molecule has 1 amide bonds. The first kappa shape index (κ1) is 17.0. The second kappa shape index (κ2) is 8.98. The van der Waals surface area contributed by atoms with E-state index >= 15 is 0 Å². The molecule has 1 atom stereocenters. The number of hydrogen-bond acceptors (Lipinski definition) is 2. The Morgan fingerprint density at radius 1 is 1.45 bits per heavy atom. The number of nitrogens with one attached hydrogen (secondary N) is 2. The molecule has 1 aliphatic rings. The highest BCUT2D eigenvalue weighted by Crippen LogP contribution is 2.23. The average Bonchev–Trinajstić information content (AvgIpc) is 2.48. The Kier molecular flexibility index (Phi) is 7.63. The summed E-state index contributed by atoms with van der Waals surface area (Å²) in [6.07, 6.45) is 4.58. The van der Waals surface area contributed by atoms with Crippen molar-refractivity contribution < 1.29 is 4.79 Å². The van der Waals surface area contributed by atoms with Crippen LogP contribution in [0.1, 0.15) is 54.4 Å². The van der Waals surface area contributed by atoms with Crippen molar-refractivity contribution in [3.05, 3.63) is 35.4 Å². The topological polar surface area (TPSA) is 41.1 Å². The molecule has 3 nitrogen and oxygen atoms in total. The Morgan fingerprint density at radius 3 is 3.00 bits per heavy atom. The van der Waals surface area contributed by atoms with Gasteiger partial charge >= 0.3 is 0 Å². The highest BCUT2D eigenvalue weighted by Gasteiger charge is 2.16. The monoisotopic (exact) mass is 296 g/mol. The summed E-state index contributed by atoms with van der Waals surface area (Å²) in [5.74, 6) is 0.608. The fraction of sp³-hybridized carbons (Fsp3) is 0.562. The number of carbonyl (C=O) groups is 1. The van der Waals surface area contributed by atoms with Gasteiger partial charge in [-0.2, -0.15) is 0 Å². The van der Waals surface area contributed by atoms with E-state index in [9.17, 15) is 4.79 Å². The maximum Gasteiger partial charge on any atom is 0.251 e. The third-order valence-electron chi connectivity index (χ3n) is 3.73.